The minimum atomic E-state index is 0.355. The summed E-state index contributed by atoms with van der Waals surface area (Å²) in [5, 5.41) is 3.18. The van der Waals surface area contributed by atoms with Gasteiger partial charge < -0.3 is 14.8 Å². The Kier molecular flexibility index (Phi) is 4.55. The largest absolute Gasteiger partial charge is 0.495 e. The van der Waals surface area contributed by atoms with Gasteiger partial charge in [0.15, 0.2) is 0 Å². The number of methoxy groups -OCH3 is 2. The predicted octanol–water partition coefficient (Wildman–Crippen LogP) is 1.56. The van der Waals surface area contributed by atoms with Crippen LogP contribution < -0.4 is 14.8 Å². The van der Waals surface area contributed by atoms with Crippen molar-refractivity contribution >= 4 is 0 Å². The maximum atomic E-state index is 5.33. The topological polar surface area (TPSA) is 43.4 Å². The lowest BCUT2D eigenvalue weighted by atomic mass is 10.1. The average Bonchev–Trinajstić information content (AvgIpc) is 2.30. The molecule has 1 unspecified atom stereocenters. The quantitative estimate of drug-likeness (QED) is 0.824. The molecule has 0 aliphatic heterocycles. The van der Waals surface area contributed by atoms with Crippen LogP contribution in [0.2, 0.25) is 0 Å². The smallest absolute Gasteiger partial charge is 0.216 e. The van der Waals surface area contributed by atoms with Crippen LogP contribution in [0, 0.1) is 6.92 Å². The van der Waals surface area contributed by atoms with E-state index < -0.39 is 0 Å². The zero-order valence-corrected chi connectivity index (χ0v) is 10.6. The Morgan fingerprint density at radius 1 is 1.38 bits per heavy atom. The number of ether oxygens (including phenoxy) is 2. The number of pyridine rings is 1. The zero-order valence-electron chi connectivity index (χ0n) is 10.6. The third kappa shape index (κ3) is 2.85. The normalized spacial score (nSPS) is 12.3. The monoisotopic (exact) mass is 224 g/mol. The molecule has 0 aliphatic carbocycles. The Bertz CT molecular complexity index is 353. The predicted molar refractivity (Wildman–Crippen MR) is 64.3 cm³/mol. The van der Waals surface area contributed by atoms with E-state index in [0.29, 0.717) is 11.9 Å². The van der Waals surface area contributed by atoms with Gasteiger partial charge in [0.25, 0.3) is 0 Å². The van der Waals surface area contributed by atoms with E-state index in [1.165, 1.54) is 0 Å². The van der Waals surface area contributed by atoms with E-state index in [9.17, 15) is 0 Å². The van der Waals surface area contributed by atoms with Crippen molar-refractivity contribution in [2.45, 2.75) is 26.3 Å². The van der Waals surface area contributed by atoms with Gasteiger partial charge in [-0.1, -0.05) is 0 Å². The van der Waals surface area contributed by atoms with Crippen LogP contribution in [-0.2, 0) is 6.42 Å². The van der Waals surface area contributed by atoms with Crippen molar-refractivity contribution in [1.82, 2.24) is 10.3 Å². The lowest BCUT2D eigenvalue weighted by Crippen LogP contribution is -2.24. The molecule has 1 atom stereocenters. The highest BCUT2D eigenvalue weighted by molar-refractivity contribution is 5.38. The molecular weight excluding hydrogens is 204 g/mol. The second-order valence-electron chi connectivity index (χ2n) is 3.86. The molecule has 90 valence electrons. The maximum absolute atomic E-state index is 5.33. The number of rotatable bonds is 5. The molecule has 0 bridgehead atoms. The van der Waals surface area contributed by atoms with Crippen molar-refractivity contribution in [1.29, 1.82) is 0 Å². The molecule has 0 amide bonds. The lowest BCUT2D eigenvalue weighted by molar-refractivity contribution is 0.377. The first-order valence-electron chi connectivity index (χ1n) is 5.38. The molecule has 1 aromatic rings. The molecule has 0 fully saturated rings. The van der Waals surface area contributed by atoms with Crippen LogP contribution in [0.3, 0.4) is 0 Å². The third-order valence-electron chi connectivity index (χ3n) is 2.61. The van der Waals surface area contributed by atoms with Gasteiger partial charge in [0, 0.05) is 18.0 Å². The van der Waals surface area contributed by atoms with Crippen molar-refractivity contribution in [3.63, 3.8) is 0 Å². The molecule has 0 aromatic carbocycles. The Morgan fingerprint density at radius 3 is 2.56 bits per heavy atom. The number of nitrogens with one attached hydrogen (secondary N) is 1. The van der Waals surface area contributed by atoms with Crippen molar-refractivity contribution in [2.75, 3.05) is 21.3 Å². The molecule has 0 spiro atoms. The van der Waals surface area contributed by atoms with Gasteiger partial charge in [-0.05, 0) is 27.0 Å². The van der Waals surface area contributed by atoms with Crippen molar-refractivity contribution in [3.05, 3.63) is 17.3 Å². The number of hydrogen-bond donors (Lipinski definition) is 1. The third-order valence-corrected chi connectivity index (χ3v) is 2.61. The molecule has 0 saturated heterocycles. The van der Waals surface area contributed by atoms with Gasteiger partial charge in [-0.25, -0.2) is 4.98 Å². The summed E-state index contributed by atoms with van der Waals surface area (Å²) in [6.07, 6.45) is 0.816. The molecule has 1 aromatic heterocycles. The van der Waals surface area contributed by atoms with Gasteiger partial charge in [-0.2, -0.15) is 0 Å². The van der Waals surface area contributed by atoms with E-state index in [1.54, 1.807) is 14.2 Å². The maximum Gasteiger partial charge on any atom is 0.216 e. The number of aryl methyl sites for hydroxylation is 1. The summed E-state index contributed by atoms with van der Waals surface area (Å²) >= 11 is 0. The van der Waals surface area contributed by atoms with Gasteiger partial charge in [0.1, 0.15) is 5.75 Å². The highest BCUT2D eigenvalue weighted by Gasteiger charge is 2.12. The summed E-state index contributed by atoms with van der Waals surface area (Å²) in [6.45, 7) is 4.06. The molecule has 0 saturated carbocycles. The average molecular weight is 224 g/mol. The fourth-order valence-corrected chi connectivity index (χ4v) is 1.53. The summed E-state index contributed by atoms with van der Waals surface area (Å²) in [7, 11) is 5.23. The molecule has 1 rings (SSSR count). The molecule has 0 radical (unpaired) electrons. The summed E-state index contributed by atoms with van der Waals surface area (Å²) in [4.78, 5) is 4.46. The molecule has 4 heteroatoms. The minimum Gasteiger partial charge on any atom is -0.495 e. The molecular formula is C12H20N2O2. The van der Waals surface area contributed by atoms with Crippen LogP contribution >= 0.6 is 0 Å². The van der Waals surface area contributed by atoms with Crippen LogP contribution in [0.15, 0.2) is 6.07 Å². The fraction of sp³-hybridized carbons (Fsp3) is 0.583. The van der Waals surface area contributed by atoms with Crippen molar-refractivity contribution in [3.8, 4) is 11.6 Å². The Hall–Kier alpha value is -1.29. The number of aromatic nitrogens is 1. The first-order chi connectivity index (χ1) is 7.62. The standard InChI is InChI=1S/C12H20N2O2/c1-8-6-11(15-4)10(7-9(2)13-3)14-12(8)16-5/h6,9,13H,7H2,1-5H3. The van der Waals surface area contributed by atoms with Crippen molar-refractivity contribution in [2.24, 2.45) is 0 Å². The first kappa shape index (κ1) is 12.8. The number of hydrogen-bond acceptors (Lipinski definition) is 4. The van der Waals surface area contributed by atoms with Gasteiger partial charge in [-0.15, -0.1) is 0 Å². The SMILES string of the molecule is CNC(C)Cc1nc(OC)c(C)cc1OC. The van der Waals surface area contributed by atoms with E-state index in [-0.39, 0.29) is 0 Å². The van der Waals surface area contributed by atoms with E-state index in [4.69, 9.17) is 9.47 Å². The number of likely N-dealkylation sites (N-methyl/N-ethyl adjacent to an activating group) is 1. The van der Waals surface area contributed by atoms with Crippen LogP contribution in [0.25, 0.3) is 0 Å². The molecule has 1 N–H and O–H groups in total. The van der Waals surface area contributed by atoms with Crippen molar-refractivity contribution < 1.29 is 9.47 Å². The second-order valence-corrected chi connectivity index (χ2v) is 3.86. The fourth-order valence-electron chi connectivity index (χ4n) is 1.53. The summed E-state index contributed by atoms with van der Waals surface area (Å²) in [6, 6.07) is 2.32. The molecule has 4 nitrogen and oxygen atoms in total. The van der Waals surface area contributed by atoms with Gasteiger partial charge in [0.2, 0.25) is 5.88 Å². The second kappa shape index (κ2) is 5.70. The van der Waals surface area contributed by atoms with Gasteiger partial charge >= 0.3 is 0 Å². The minimum absolute atomic E-state index is 0.355. The highest BCUT2D eigenvalue weighted by atomic mass is 16.5. The summed E-state index contributed by atoms with van der Waals surface area (Å²) < 4.78 is 10.5. The van der Waals surface area contributed by atoms with Crippen LogP contribution in [-0.4, -0.2) is 32.3 Å². The summed E-state index contributed by atoms with van der Waals surface area (Å²) in [5.41, 5.74) is 1.91. The Balaban J connectivity index is 3.04. The van der Waals surface area contributed by atoms with E-state index in [0.717, 1.165) is 23.4 Å². The van der Waals surface area contributed by atoms with Crippen LogP contribution in [0.5, 0.6) is 11.6 Å². The van der Waals surface area contributed by atoms with Gasteiger partial charge in [0.05, 0.1) is 19.9 Å². The van der Waals surface area contributed by atoms with E-state index >= 15 is 0 Å². The lowest BCUT2D eigenvalue weighted by Gasteiger charge is -2.14. The Morgan fingerprint density at radius 2 is 2.06 bits per heavy atom. The van der Waals surface area contributed by atoms with Crippen LogP contribution in [0.1, 0.15) is 18.2 Å². The van der Waals surface area contributed by atoms with Gasteiger partial charge in [-0.3, -0.25) is 0 Å². The molecule has 1 heterocycles. The van der Waals surface area contributed by atoms with E-state index in [1.807, 2.05) is 20.0 Å². The zero-order chi connectivity index (χ0) is 12.1. The van der Waals surface area contributed by atoms with Crippen LogP contribution in [0.4, 0.5) is 0 Å². The molecule has 0 aliphatic rings. The Labute approximate surface area is 97.0 Å². The number of nitrogens with zero attached hydrogens (tertiary/aromatic N) is 1. The highest BCUT2D eigenvalue weighted by Crippen LogP contribution is 2.25. The first-order valence-corrected chi connectivity index (χ1v) is 5.38. The summed E-state index contributed by atoms with van der Waals surface area (Å²) in [5.74, 6) is 1.49. The molecule has 16 heavy (non-hydrogen) atoms. The van der Waals surface area contributed by atoms with E-state index in [2.05, 4.69) is 17.2 Å².